The third-order valence-corrected chi connectivity index (χ3v) is 24.4. The van der Waals surface area contributed by atoms with Crippen molar-refractivity contribution in [2.24, 2.45) is 0 Å². The van der Waals surface area contributed by atoms with Crippen molar-refractivity contribution in [1.29, 1.82) is 0 Å². The zero-order valence-electron chi connectivity index (χ0n) is 74.4. The minimum atomic E-state index is -5.81. The largest absolute Gasteiger partial charge is 0.472 e. The number of carbonyl (C=O) groups is 4. The highest BCUT2D eigenvalue weighted by atomic mass is 31.2. The van der Waals surface area contributed by atoms with Crippen LogP contribution >= 0.6 is 7.82 Å². The molecule has 3 rings (SSSR count). The van der Waals surface area contributed by atoms with Crippen LogP contribution in [0.15, 0.2) is 24.3 Å². The Morgan fingerprint density at radius 3 is 1.02 bits per heavy atom. The molecule has 0 bridgehead atoms. The summed E-state index contributed by atoms with van der Waals surface area (Å²) in [7, 11) is -5.81. The van der Waals surface area contributed by atoms with Gasteiger partial charge in [-0.25, -0.2) is 4.57 Å². The van der Waals surface area contributed by atoms with Gasteiger partial charge in [0.25, 0.3) is 0 Å². The lowest BCUT2D eigenvalue weighted by Crippen LogP contribution is -2.70. The van der Waals surface area contributed by atoms with E-state index in [1.54, 1.807) is 0 Å². The summed E-state index contributed by atoms with van der Waals surface area (Å²) >= 11 is 0. The molecule has 3 fully saturated rings. The van der Waals surface area contributed by atoms with Gasteiger partial charge in [-0.15, -0.1) is 0 Å². The predicted octanol–water partition coefficient (Wildman–Crippen LogP) is 18.1. The molecule has 119 heavy (non-hydrogen) atoms. The lowest BCUT2D eigenvalue weighted by Gasteiger charge is -2.50. The molecule has 10 N–H and O–H groups in total. The number of hydrogen-bond acceptors (Lipinski definition) is 24. The number of unbranched alkanes of at least 4 members (excludes halogenated alkanes) is 50. The van der Waals surface area contributed by atoms with E-state index in [1.807, 2.05) is 0 Å². The molecule has 18 atom stereocenters. The maximum absolute atomic E-state index is 14.9. The standard InChI is InChI=1S/C93H171O25P/c1-5-9-13-17-21-25-29-33-36-39-43-45-49-53-57-61-65-76(95)109-70-73(112-78(97)67-63-59-55-51-47-41-32-28-24-20-16-12-8-4)71-111-119(107,108)118-91-89(116-92-86(105)82(101)80(99)74(69-94)113-92)85(104)84(103)88(115-79(98)68-64-60-56-52-48-44-40-37-34-30-26-22-18-14-10-6-2)90(91)117-93-87(106)83(102)81(100)75(114-93)72-110-77(96)66-62-58-54-50-46-42-38-35-31-27-23-19-15-11-7-3/h27,31,41,47,73-75,80-94,99-106H,5-26,28-30,32-40,42-46,48-72H2,1-4H3,(H,107,108)/b31-27-,47-41-. The highest BCUT2D eigenvalue weighted by Crippen LogP contribution is 2.49. The van der Waals surface area contributed by atoms with Crippen LogP contribution in [0.25, 0.3) is 0 Å². The molecule has 3 aliphatic rings. The molecule has 1 aliphatic carbocycles. The lowest BCUT2D eigenvalue weighted by atomic mass is 9.84. The van der Waals surface area contributed by atoms with Crippen LogP contribution in [0.4, 0.5) is 0 Å². The quantitative estimate of drug-likeness (QED) is 0.00889. The summed E-state index contributed by atoms with van der Waals surface area (Å²) in [5.41, 5.74) is 0. The van der Waals surface area contributed by atoms with E-state index in [0.29, 0.717) is 38.5 Å². The molecule has 26 heteroatoms. The van der Waals surface area contributed by atoms with E-state index in [9.17, 15) is 74.6 Å². The molecule has 0 radical (unpaired) electrons. The van der Waals surface area contributed by atoms with Gasteiger partial charge in [-0.3, -0.25) is 28.2 Å². The monoisotopic (exact) mass is 1720 g/mol. The number of phosphoric ester groups is 1. The Bertz CT molecular complexity index is 2570. The van der Waals surface area contributed by atoms with Crippen LogP contribution < -0.4 is 0 Å². The van der Waals surface area contributed by atoms with Gasteiger partial charge in [0.05, 0.1) is 13.2 Å². The number of aliphatic hydroxyl groups excluding tert-OH is 9. The predicted molar refractivity (Wildman–Crippen MR) is 463 cm³/mol. The number of ether oxygens (including phenoxy) is 8. The molecule has 0 spiro atoms. The zero-order valence-corrected chi connectivity index (χ0v) is 75.3. The fourth-order valence-corrected chi connectivity index (χ4v) is 16.7. The number of hydrogen-bond donors (Lipinski definition) is 10. The Labute approximate surface area is 717 Å². The van der Waals surface area contributed by atoms with Crippen LogP contribution in [0.2, 0.25) is 0 Å². The molecule has 0 amide bonds. The number of allylic oxidation sites excluding steroid dienone is 4. The van der Waals surface area contributed by atoms with Crippen LogP contribution in [0, 0.1) is 0 Å². The van der Waals surface area contributed by atoms with E-state index in [-0.39, 0.29) is 25.7 Å². The van der Waals surface area contributed by atoms with Crippen LogP contribution in [0.3, 0.4) is 0 Å². The van der Waals surface area contributed by atoms with Gasteiger partial charge in [0.15, 0.2) is 24.8 Å². The summed E-state index contributed by atoms with van der Waals surface area (Å²) in [5, 5.41) is 102. The SMILES string of the molecule is CCCCCC/C=C\CCCCCCCCCC(=O)OCC1OC(OC2C(OC(=O)CCCCCCCCCCCCCCCCCC)C(O)C(O)C(OC3OC(CO)C(O)C(O)C3O)C2OP(=O)(O)OCC(COC(=O)CCCCCCCCCCCCCCCCCC)OC(=O)CCCCC/C=C\CCCCCCCC)C(O)C(O)C1O. The van der Waals surface area contributed by atoms with Crippen molar-refractivity contribution in [3.05, 3.63) is 24.3 Å². The molecule has 0 aromatic carbocycles. The minimum Gasteiger partial charge on any atom is -0.463 e. The number of phosphoric acid groups is 1. The fraction of sp³-hybridized carbons (Fsp3) is 0.914. The van der Waals surface area contributed by atoms with E-state index >= 15 is 0 Å². The molecule has 0 aromatic heterocycles. The first-order chi connectivity index (χ1) is 57.7. The Morgan fingerprint density at radius 1 is 0.328 bits per heavy atom. The normalized spacial score (nSPS) is 24.9. The Hall–Kier alpha value is -3.05. The van der Waals surface area contributed by atoms with Gasteiger partial charge in [-0.2, -0.15) is 0 Å². The maximum atomic E-state index is 14.9. The zero-order chi connectivity index (χ0) is 86.8. The molecule has 1 saturated carbocycles. The Morgan fingerprint density at radius 2 is 0.630 bits per heavy atom. The minimum absolute atomic E-state index is 0.00943. The average Bonchev–Trinajstić information content (AvgIpc) is 0.750. The van der Waals surface area contributed by atoms with E-state index in [1.165, 1.54) is 180 Å². The highest BCUT2D eigenvalue weighted by molar-refractivity contribution is 7.47. The third kappa shape index (κ3) is 52.0. The third-order valence-electron chi connectivity index (χ3n) is 23.4. The van der Waals surface area contributed by atoms with Crippen LogP contribution in [0.5, 0.6) is 0 Å². The van der Waals surface area contributed by atoms with Gasteiger partial charge in [0, 0.05) is 25.7 Å². The highest BCUT2D eigenvalue weighted by Gasteiger charge is 2.60. The van der Waals surface area contributed by atoms with Gasteiger partial charge in [-0.05, 0) is 77.0 Å². The van der Waals surface area contributed by atoms with Gasteiger partial charge >= 0.3 is 31.7 Å². The van der Waals surface area contributed by atoms with E-state index < -0.39 is 162 Å². The fourth-order valence-electron chi connectivity index (χ4n) is 15.8. The molecule has 2 saturated heterocycles. The molecular formula is C93H171O25P. The summed E-state index contributed by atoms with van der Waals surface area (Å²) in [6.07, 6.45) is 33.0. The molecule has 0 aromatic rings. The van der Waals surface area contributed by atoms with E-state index in [2.05, 4.69) is 52.0 Å². The van der Waals surface area contributed by atoms with Crippen molar-refractivity contribution in [3.8, 4) is 0 Å². The van der Waals surface area contributed by atoms with E-state index in [0.717, 1.165) is 141 Å². The van der Waals surface area contributed by atoms with Gasteiger partial charge < -0.3 is 88.7 Å². The average molecular weight is 1720 g/mol. The first-order valence-electron chi connectivity index (χ1n) is 48.1. The molecule has 18 unspecified atom stereocenters. The number of aliphatic hydroxyl groups is 9. The summed E-state index contributed by atoms with van der Waals surface area (Å²) in [6.45, 7) is 5.59. The van der Waals surface area contributed by atoms with Crippen LogP contribution in [-0.2, 0) is 70.7 Å². The van der Waals surface area contributed by atoms with Crippen LogP contribution in [0.1, 0.15) is 413 Å². The first kappa shape index (κ1) is 110. The summed E-state index contributed by atoms with van der Waals surface area (Å²) < 4.78 is 73.5. The van der Waals surface area contributed by atoms with Crippen molar-refractivity contribution >= 4 is 31.7 Å². The summed E-state index contributed by atoms with van der Waals surface area (Å²) in [5.74, 6) is -2.98. The van der Waals surface area contributed by atoms with Crippen molar-refractivity contribution in [1.82, 2.24) is 0 Å². The maximum Gasteiger partial charge on any atom is 0.472 e. The van der Waals surface area contributed by atoms with Gasteiger partial charge in [0.1, 0.15) is 92.6 Å². The summed E-state index contributed by atoms with van der Waals surface area (Å²) in [6, 6.07) is 0. The van der Waals surface area contributed by atoms with Gasteiger partial charge in [0.2, 0.25) is 0 Å². The number of esters is 4. The second-order valence-electron chi connectivity index (χ2n) is 34.2. The molecular weight excluding hydrogens is 1550 g/mol. The second kappa shape index (κ2) is 72.0. The Balaban J connectivity index is 1.91. The number of rotatable bonds is 78. The molecule has 2 aliphatic heterocycles. The van der Waals surface area contributed by atoms with Crippen molar-refractivity contribution in [2.75, 3.05) is 26.4 Å². The smallest absolute Gasteiger partial charge is 0.463 e. The summed E-state index contributed by atoms with van der Waals surface area (Å²) in [4.78, 5) is 66.5. The van der Waals surface area contributed by atoms with Crippen molar-refractivity contribution < 1.29 is 122 Å². The van der Waals surface area contributed by atoms with Gasteiger partial charge in [-0.1, -0.05) is 335 Å². The molecule has 25 nitrogen and oxygen atoms in total. The van der Waals surface area contributed by atoms with E-state index in [4.69, 9.17) is 46.9 Å². The van der Waals surface area contributed by atoms with Crippen molar-refractivity contribution in [2.45, 2.75) is 517 Å². The Kier molecular flexibility index (Phi) is 66.7. The van der Waals surface area contributed by atoms with Crippen molar-refractivity contribution in [3.63, 3.8) is 0 Å². The molecule has 698 valence electrons. The lowest BCUT2D eigenvalue weighted by molar-refractivity contribution is -0.360. The molecule has 2 heterocycles. The first-order valence-corrected chi connectivity index (χ1v) is 49.6. The number of carbonyl (C=O) groups excluding carboxylic acids is 4. The van der Waals surface area contributed by atoms with Crippen LogP contribution in [-0.4, -0.2) is 205 Å². The topological polar surface area (TPSA) is 380 Å². The second-order valence-corrected chi connectivity index (χ2v) is 35.6.